The Hall–Kier alpha value is -0.770. The molecule has 0 spiro atoms. The van der Waals surface area contributed by atoms with Crippen LogP contribution in [0.25, 0.3) is 0 Å². The standard InChI is InChI=1S/C10H21N3O/c1-10(2,3)8(11)7-13-6-4-5-12-9(13)14/h8H,4-7,11H2,1-3H3,(H,12,14)/t8-/m1/s1. The Labute approximate surface area is 85.8 Å². The number of carbonyl (C=O) groups is 1. The molecule has 0 aromatic carbocycles. The van der Waals surface area contributed by atoms with E-state index in [4.69, 9.17) is 5.73 Å². The molecule has 2 amide bonds. The van der Waals surface area contributed by atoms with Gasteiger partial charge in [0.1, 0.15) is 0 Å². The molecule has 1 atom stereocenters. The average molecular weight is 199 g/mol. The van der Waals surface area contributed by atoms with Crippen LogP contribution in [0.3, 0.4) is 0 Å². The van der Waals surface area contributed by atoms with Gasteiger partial charge in [-0.05, 0) is 11.8 Å². The summed E-state index contributed by atoms with van der Waals surface area (Å²) in [6.45, 7) is 8.56. The lowest BCUT2D eigenvalue weighted by Crippen LogP contribution is -2.53. The number of hydrogen-bond acceptors (Lipinski definition) is 2. The number of rotatable bonds is 2. The van der Waals surface area contributed by atoms with E-state index in [9.17, 15) is 4.79 Å². The molecule has 0 unspecified atom stereocenters. The van der Waals surface area contributed by atoms with E-state index in [-0.39, 0.29) is 17.5 Å². The van der Waals surface area contributed by atoms with E-state index in [1.54, 1.807) is 4.90 Å². The molecular weight excluding hydrogens is 178 g/mol. The highest BCUT2D eigenvalue weighted by atomic mass is 16.2. The van der Waals surface area contributed by atoms with Gasteiger partial charge in [-0.25, -0.2) is 4.79 Å². The van der Waals surface area contributed by atoms with Crippen molar-refractivity contribution in [1.82, 2.24) is 10.2 Å². The zero-order valence-electron chi connectivity index (χ0n) is 9.34. The maximum Gasteiger partial charge on any atom is 0.317 e. The number of hydrogen-bond donors (Lipinski definition) is 2. The monoisotopic (exact) mass is 199 g/mol. The van der Waals surface area contributed by atoms with Crippen LogP contribution < -0.4 is 11.1 Å². The number of urea groups is 1. The van der Waals surface area contributed by atoms with Gasteiger partial charge in [0.25, 0.3) is 0 Å². The second kappa shape index (κ2) is 4.17. The first kappa shape index (κ1) is 11.3. The topological polar surface area (TPSA) is 58.4 Å². The van der Waals surface area contributed by atoms with Crippen LogP contribution in [-0.2, 0) is 0 Å². The molecule has 4 heteroatoms. The number of nitrogens with one attached hydrogen (secondary N) is 1. The Bertz CT molecular complexity index is 210. The van der Waals surface area contributed by atoms with Gasteiger partial charge < -0.3 is 16.0 Å². The predicted octanol–water partition coefficient (Wildman–Crippen LogP) is 0.775. The summed E-state index contributed by atoms with van der Waals surface area (Å²) in [6.07, 6.45) is 1.02. The van der Waals surface area contributed by atoms with Crippen molar-refractivity contribution in [1.29, 1.82) is 0 Å². The first-order valence-electron chi connectivity index (χ1n) is 5.19. The molecule has 0 aromatic rings. The number of nitrogens with zero attached hydrogens (tertiary/aromatic N) is 1. The van der Waals surface area contributed by atoms with Gasteiger partial charge in [-0.3, -0.25) is 0 Å². The Morgan fingerprint density at radius 3 is 2.71 bits per heavy atom. The smallest absolute Gasteiger partial charge is 0.317 e. The van der Waals surface area contributed by atoms with Crippen LogP contribution in [0.2, 0.25) is 0 Å². The predicted molar refractivity (Wildman–Crippen MR) is 57.0 cm³/mol. The van der Waals surface area contributed by atoms with Crippen LogP contribution in [0, 0.1) is 5.41 Å². The van der Waals surface area contributed by atoms with Crippen molar-refractivity contribution < 1.29 is 4.79 Å². The molecule has 1 fully saturated rings. The molecule has 3 N–H and O–H groups in total. The fourth-order valence-electron chi connectivity index (χ4n) is 1.36. The van der Waals surface area contributed by atoms with Gasteiger partial charge in [-0.1, -0.05) is 20.8 Å². The summed E-state index contributed by atoms with van der Waals surface area (Å²) >= 11 is 0. The molecule has 4 nitrogen and oxygen atoms in total. The summed E-state index contributed by atoms with van der Waals surface area (Å²) in [4.78, 5) is 13.2. The zero-order chi connectivity index (χ0) is 10.8. The largest absolute Gasteiger partial charge is 0.338 e. The molecule has 1 saturated heterocycles. The second-order valence-corrected chi connectivity index (χ2v) is 5.00. The number of carbonyl (C=O) groups excluding carboxylic acids is 1. The van der Waals surface area contributed by atoms with Gasteiger partial charge in [-0.2, -0.15) is 0 Å². The van der Waals surface area contributed by atoms with Crippen LogP contribution >= 0.6 is 0 Å². The lowest BCUT2D eigenvalue weighted by atomic mass is 9.87. The van der Waals surface area contributed by atoms with Crippen molar-refractivity contribution in [3.63, 3.8) is 0 Å². The van der Waals surface area contributed by atoms with Crippen molar-refractivity contribution in [2.24, 2.45) is 11.1 Å². The first-order chi connectivity index (χ1) is 6.41. The average Bonchev–Trinajstić information content (AvgIpc) is 2.07. The van der Waals surface area contributed by atoms with E-state index < -0.39 is 0 Å². The second-order valence-electron chi connectivity index (χ2n) is 5.00. The first-order valence-corrected chi connectivity index (χ1v) is 5.19. The molecule has 1 rings (SSSR count). The van der Waals surface area contributed by atoms with Crippen molar-refractivity contribution >= 4 is 6.03 Å². The SMILES string of the molecule is CC(C)(C)[C@H](N)CN1CCCNC1=O. The molecule has 0 radical (unpaired) electrons. The minimum absolute atomic E-state index is 0.0240. The minimum Gasteiger partial charge on any atom is -0.338 e. The lowest BCUT2D eigenvalue weighted by molar-refractivity contribution is 0.167. The fraction of sp³-hybridized carbons (Fsp3) is 0.900. The van der Waals surface area contributed by atoms with Gasteiger partial charge in [0.2, 0.25) is 0 Å². The normalized spacial score (nSPS) is 20.6. The molecular formula is C10H21N3O. The Morgan fingerprint density at radius 1 is 1.57 bits per heavy atom. The molecule has 0 saturated carbocycles. The third-order valence-corrected chi connectivity index (χ3v) is 2.70. The molecule has 0 aliphatic carbocycles. The quantitative estimate of drug-likeness (QED) is 0.690. The van der Waals surface area contributed by atoms with Crippen molar-refractivity contribution in [2.75, 3.05) is 19.6 Å². The molecule has 1 heterocycles. The van der Waals surface area contributed by atoms with E-state index >= 15 is 0 Å². The maximum atomic E-state index is 11.4. The van der Waals surface area contributed by atoms with Gasteiger partial charge >= 0.3 is 6.03 Å². The number of amides is 2. The molecule has 0 bridgehead atoms. The van der Waals surface area contributed by atoms with Crippen LogP contribution in [0.4, 0.5) is 4.79 Å². The van der Waals surface area contributed by atoms with Gasteiger partial charge in [-0.15, -0.1) is 0 Å². The zero-order valence-corrected chi connectivity index (χ0v) is 9.34. The molecule has 1 aliphatic heterocycles. The van der Waals surface area contributed by atoms with Crippen LogP contribution in [-0.4, -0.2) is 36.6 Å². The highest BCUT2D eigenvalue weighted by molar-refractivity contribution is 5.74. The van der Waals surface area contributed by atoms with Gasteiger partial charge in [0.05, 0.1) is 0 Å². The van der Waals surface area contributed by atoms with E-state index in [0.717, 1.165) is 19.5 Å². The summed E-state index contributed by atoms with van der Waals surface area (Å²) < 4.78 is 0. The van der Waals surface area contributed by atoms with Crippen LogP contribution in [0.5, 0.6) is 0 Å². The Kier molecular flexibility index (Phi) is 3.37. The van der Waals surface area contributed by atoms with E-state index in [1.165, 1.54) is 0 Å². The third-order valence-electron chi connectivity index (χ3n) is 2.70. The van der Waals surface area contributed by atoms with Crippen molar-refractivity contribution in [2.45, 2.75) is 33.2 Å². The van der Waals surface area contributed by atoms with Gasteiger partial charge in [0, 0.05) is 25.7 Å². The maximum absolute atomic E-state index is 11.4. The van der Waals surface area contributed by atoms with Gasteiger partial charge in [0.15, 0.2) is 0 Å². The summed E-state index contributed by atoms with van der Waals surface area (Å²) in [5.74, 6) is 0. The summed E-state index contributed by atoms with van der Waals surface area (Å²) in [6, 6.07) is 0.0577. The van der Waals surface area contributed by atoms with E-state index in [2.05, 4.69) is 26.1 Å². The molecule has 82 valence electrons. The Morgan fingerprint density at radius 2 is 2.21 bits per heavy atom. The van der Waals surface area contributed by atoms with E-state index in [0.29, 0.717) is 6.54 Å². The molecule has 1 aliphatic rings. The highest BCUT2D eigenvalue weighted by Gasteiger charge is 2.26. The summed E-state index contributed by atoms with van der Waals surface area (Å²) in [7, 11) is 0. The minimum atomic E-state index is 0.0240. The summed E-state index contributed by atoms with van der Waals surface area (Å²) in [5.41, 5.74) is 6.08. The lowest BCUT2D eigenvalue weighted by Gasteiger charge is -2.34. The van der Waals surface area contributed by atoms with Crippen LogP contribution in [0.15, 0.2) is 0 Å². The summed E-state index contributed by atoms with van der Waals surface area (Å²) in [5, 5.41) is 2.82. The van der Waals surface area contributed by atoms with E-state index in [1.807, 2.05) is 0 Å². The highest BCUT2D eigenvalue weighted by Crippen LogP contribution is 2.18. The third kappa shape index (κ3) is 2.87. The van der Waals surface area contributed by atoms with Crippen molar-refractivity contribution in [3.8, 4) is 0 Å². The molecule has 0 aromatic heterocycles. The number of nitrogens with two attached hydrogens (primary N) is 1. The van der Waals surface area contributed by atoms with Crippen LogP contribution in [0.1, 0.15) is 27.2 Å². The fourth-order valence-corrected chi connectivity index (χ4v) is 1.36. The Balaban J connectivity index is 2.46. The molecule has 14 heavy (non-hydrogen) atoms. The van der Waals surface area contributed by atoms with Crippen molar-refractivity contribution in [3.05, 3.63) is 0 Å².